The Balaban J connectivity index is 2.97. The van der Waals surface area contributed by atoms with E-state index in [1.807, 2.05) is 6.92 Å². The molecule has 15 heavy (non-hydrogen) atoms. The highest BCUT2D eigenvalue weighted by Crippen LogP contribution is 2.25. The molecule has 1 nitrogen and oxygen atoms in total. The molecule has 0 fully saturated rings. The minimum Gasteiger partial charge on any atom is -0.300 e. The normalized spacial score (nSPS) is 12.1. The van der Waals surface area contributed by atoms with E-state index in [4.69, 9.17) is 18.0 Å². The summed E-state index contributed by atoms with van der Waals surface area (Å²) in [7, 11) is 0. The molecule has 80 valence electrons. The SMILES string of the molecule is C#CC(NCCC)c1c(F)cccc1Cl. The lowest BCUT2D eigenvalue weighted by atomic mass is 10.1. The summed E-state index contributed by atoms with van der Waals surface area (Å²) in [5.41, 5.74) is 0.357. The first-order valence-corrected chi connectivity index (χ1v) is 5.22. The minimum absolute atomic E-state index is 0.357. The Labute approximate surface area is 94.6 Å². The summed E-state index contributed by atoms with van der Waals surface area (Å²) < 4.78 is 13.5. The standard InChI is InChI=1S/C12H13ClFN/c1-3-8-15-11(4-2)12-9(13)6-5-7-10(12)14/h2,5-7,11,15H,3,8H2,1H3. The van der Waals surface area contributed by atoms with Gasteiger partial charge in [0.05, 0.1) is 6.04 Å². The van der Waals surface area contributed by atoms with Crippen LogP contribution in [0.25, 0.3) is 0 Å². The first-order chi connectivity index (χ1) is 7.20. The molecule has 0 aliphatic heterocycles. The quantitative estimate of drug-likeness (QED) is 0.777. The fourth-order valence-corrected chi connectivity index (χ4v) is 1.59. The first-order valence-electron chi connectivity index (χ1n) is 4.84. The zero-order valence-electron chi connectivity index (χ0n) is 8.56. The van der Waals surface area contributed by atoms with Gasteiger partial charge in [-0.05, 0) is 25.1 Å². The Bertz CT molecular complexity index is 350. The van der Waals surface area contributed by atoms with E-state index in [1.54, 1.807) is 12.1 Å². The fourth-order valence-electron chi connectivity index (χ4n) is 1.32. The number of benzene rings is 1. The van der Waals surface area contributed by atoms with Crippen LogP contribution in [0.2, 0.25) is 5.02 Å². The van der Waals surface area contributed by atoms with Crippen molar-refractivity contribution in [3.8, 4) is 12.3 Å². The molecule has 0 aromatic heterocycles. The van der Waals surface area contributed by atoms with Crippen LogP contribution in [0.5, 0.6) is 0 Å². The maximum atomic E-state index is 13.5. The third kappa shape index (κ3) is 2.95. The van der Waals surface area contributed by atoms with E-state index < -0.39 is 6.04 Å². The molecule has 0 spiro atoms. The largest absolute Gasteiger partial charge is 0.300 e. The molecule has 1 rings (SSSR count). The molecule has 0 aliphatic carbocycles. The van der Waals surface area contributed by atoms with Crippen molar-refractivity contribution in [3.63, 3.8) is 0 Å². The number of hydrogen-bond acceptors (Lipinski definition) is 1. The van der Waals surface area contributed by atoms with Gasteiger partial charge in [-0.2, -0.15) is 0 Å². The average molecular weight is 226 g/mol. The van der Waals surface area contributed by atoms with Crippen molar-refractivity contribution in [2.45, 2.75) is 19.4 Å². The minimum atomic E-state index is -0.460. The third-order valence-electron chi connectivity index (χ3n) is 2.05. The maximum absolute atomic E-state index is 13.5. The highest BCUT2D eigenvalue weighted by molar-refractivity contribution is 6.31. The molecular formula is C12H13ClFN. The van der Waals surface area contributed by atoms with Gasteiger partial charge in [-0.15, -0.1) is 6.42 Å². The Hall–Kier alpha value is -1.04. The van der Waals surface area contributed by atoms with Crippen LogP contribution in [0, 0.1) is 18.2 Å². The van der Waals surface area contributed by atoms with E-state index >= 15 is 0 Å². The van der Waals surface area contributed by atoms with Gasteiger partial charge in [0, 0.05) is 10.6 Å². The van der Waals surface area contributed by atoms with Crippen molar-refractivity contribution >= 4 is 11.6 Å². The summed E-state index contributed by atoms with van der Waals surface area (Å²) in [6, 6.07) is 4.10. The predicted molar refractivity (Wildman–Crippen MR) is 61.3 cm³/mol. The third-order valence-corrected chi connectivity index (χ3v) is 2.38. The lowest BCUT2D eigenvalue weighted by Gasteiger charge is -2.14. The molecule has 0 heterocycles. The lowest BCUT2D eigenvalue weighted by molar-refractivity contribution is 0.563. The monoisotopic (exact) mass is 225 g/mol. The molecule has 1 N–H and O–H groups in total. The summed E-state index contributed by atoms with van der Waals surface area (Å²) in [5, 5.41) is 3.42. The topological polar surface area (TPSA) is 12.0 Å². The lowest BCUT2D eigenvalue weighted by Crippen LogP contribution is -2.22. The molecule has 0 aliphatic rings. The van der Waals surface area contributed by atoms with Gasteiger partial charge in [0.1, 0.15) is 5.82 Å². The van der Waals surface area contributed by atoms with Crippen LogP contribution < -0.4 is 5.32 Å². The molecule has 3 heteroatoms. The van der Waals surface area contributed by atoms with Gasteiger partial charge in [-0.1, -0.05) is 30.5 Å². The summed E-state index contributed by atoms with van der Waals surface area (Å²) >= 11 is 5.91. The van der Waals surface area contributed by atoms with Gasteiger partial charge in [0.25, 0.3) is 0 Å². The number of rotatable bonds is 4. The van der Waals surface area contributed by atoms with Crippen molar-refractivity contribution in [3.05, 3.63) is 34.6 Å². The number of terminal acetylenes is 1. The first kappa shape index (κ1) is 12.0. The second-order valence-electron chi connectivity index (χ2n) is 3.19. The van der Waals surface area contributed by atoms with Gasteiger partial charge in [0.2, 0.25) is 0 Å². The highest BCUT2D eigenvalue weighted by atomic mass is 35.5. The van der Waals surface area contributed by atoms with Gasteiger partial charge >= 0.3 is 0 Å². The fraction of sp³-hybridized carbons (Fsp3) is 0.333. The average Bonchev–Trinajstić information content (AvgIpc) is 2.22. The number of nitrogens with one attached hydrogen (secondary N) is 1. The van der Waals surface area contributed by atoms with E-state index in [1.165, 1.54) is 6.07 Å². The van der Waals surface area contributed by atoms with Gasteiger partial charge in [-0.25, -0.2) is 4.39 Å². The second-order valence-corrected chi connectivity index (χ2v) is 3.60. The maximum Gasteiger partial charge on any atom is 0.130 e. The van der Waals surface area contributed by atoms with Crippen molar-refractivity contribution in [2.24, 2.45) is 0 Å². The Morgan fingerprint density at radius 1 is 1.60 bits per heavy atom. The Morgan fingerprint density at radius 3 is 2.87 bits per heavy atom. The smallest absolute Gasteiger partial charge is 0.130 e. The van der Waals surface area contributed by atoms with Gasteiger partial charge in [-0.3, -0.25) is 5.32 Å². The number of hydrogen-bond donors (Lipinski definition) is 1. The van der Waals surface area contributed by atoms with Gasteiger partial charge in [0.15, 0.2) is 0 Å². The molecule has 1 aromatic rings. The van der Waals surface area contributed by atoms with E-state index in [0.717, 1.165) is 13.0 Å². The predicted octanol–water partition coefficient (Wildman–Crippen LogP) is 3.15. The molecule has 1 aromatic carbocycles. The van der Waals surface area contributed by atoms with Crippen LogP contribution in [-0.4, -0.2) is 6.54 Å². The second kappa shape index (κ2) is 5.75. The van der Waals surface area contributed by atoms with E-state index in [0.29, 0.717) is 10.6 Å². The Morgan fingerprint density at radius 2 is 2.33 bits per heavy atom. The molecule has 0 bridgehead atoms. The van der Waals surface area contributed by atoms with Crippen LogP contribution in [-0.2, 0) is 0 Å². The summed E-state index contributed by atoms with van der Waals surface area (Å²) in [5.74, 6) is 2.13. The van der Waals surface area contributed by atoms with Gasteiger partial charge < -0.3 is 0 Å². The molecule has 1 unspecified atom stereocenters. The molecule has 1 atom stereocenters. The van der Waals surface area contributed by atoms with Crippen LogP contribution in [0.1, 0.15) is 24.9 Å². The van der Waals surface area contributed by atoms with E-state index in [9.17, 15) is 4.39 Å². The summed E-state index contributed by atoms with van der Waals surface area (Å²) in [4.78, 5) is 0. The van der Waals surface area contributed by atoms with Crippen molar-refractivity contribution in [1.82, 2.24) is 5.32 Å². The van der Waals surface area contributed by atoms with Crippen LogP contribution in [0.4, 0.5) is 4.39 Å². The highest BCUT2D eigenvalue weighted by Gasteiger charge is 2.15. The summed E-state index contributed by atoms with van der Waals surface area (Å²) in [6.45, 7) is 2.75. The zero-order valence-corrected chi connectivity index (χ0v) is 9.31. The van der Waals surface area contributed by atoms with E-state index in [2.05, 4.69) is 11.2 Å². The van der Waals surface area contributed by atoms with Crippen molar-refractivity contribution in [1.29, 1.82) is 0 Å². The van der Waals surface area contributed by atoms with Crippen LogP contribution in [0.3, 0.4) is 0 Å². The molecule has 0 radical (unpaired) electrons. The zero-order chi connectivity index (χ0) is 11.3. The molecular weight excluding hydrogens is 213 g/mol. The summed E-state index contributed by atoms with van der Waals surface area (Å²) in [6.07, 6.45) is 6.28. The molecule has 0 saturated heterocycles. The van der Waals surface area contributed by atoms with Crippen LogP contribution in [0.15, 0.2) is 18.2 Å². The van der Waals surface area contributed by atoms with E-state index in [-0.39, 0.29) is 5.82 Å². The van der Waals surface area contributed by atoms with Crippen LogP contribution >= 0.6 is 11.6 Å². The molecule has 0 amide bonds. The number of halogens is 2. The molecule has 0 saturated carbocycles. The van der Waals surface area contributed by atoms with Crippen molar-refractivity contribution in [2.75, 3.05) is 6.54 Å². The van der Waals surface area contributed by atoms with Crippen molar-refractivity contribution < 1.29 is 4.39 Å². The Kier molecular flexibility index (Phi) is 4.61.